The van der Waals surface area contributed by atoms with Crippen LogP contribution in [0.1, 0.15) is 16.2 Å². The van der Waals surface area contributed by atoms with Gasteiger partial charge in [0.05, 0.1) is 23.6 Å². The Kier molecular flexibility index (Phi) is 3.87. The minimum absolute atomic E-state index is 0.0239. The van der Waals surface area contributed by atoms with Crippen LogP contribution >= 0.6 is 11.3 Å². The average Bonchev–Trinajstić information content (AvgIpc) is 3.17. The van der Waals surface area contributed by atoms with Crippen LogP contribution in [0.2, 0.25) is 0 Å². The second-order valence-electron chi connectivity index (χ2n) is 4.92. The zero-order chi connectivity index (χ0) is 17.5. The monoisotopic (exact) mass is 356 g/mol. The molecule has 0 fully saturated rings. The van der Waals surface area contributed by atoms with Crippen molar-refractivity contribution in [2.45, 2.75) is 6.18 Å². The van der Waals surface area contributed by atoms with Crippen molar-refractivity contribution in [3.05, 3.63) is 35.4 Å². The van der Waals surface area contributed by atoms with E-state index in [-0.39, 0.29) is 16.3 Å². The van der Waals surface area contributed by atoms with Crippen molar-refractivity contribution >= 4 is 22.9 Å². The fourth-order valence-electron chi connectivity index (χ4n) is 2.11. The zero-order valence-electron chi connectivity index (χ0n) is 12.5. The Labute approximate surface area is 137 Å². The van der Waals surface area contributed by atoms with E-state index < -0.39 is 17.8 Å². The van der Waals surface area contributed by atoms with Crippen molar-refractivity contribution in [1.82, 2.24) is 24.5 Å². The Bertz CT molecular complexity index is 894. The second-order valence-corrected chi connectivity index (χ2v) is 5.78. The summed E-state index contributed by atoms with van der Waals surface area (Å²) in [4.78, 5) is 16.1. The first kappa shape index (κ1) is 16.2. The van der Waals surface area contributed by atoms with Gasteiger partial charge >= 0.3 is 6.18 Å². The predicted molar refractivity (Wildman–Crippen MR) is 80.5 cm³/mol. The SMILES string of the molecule is Cn1cc(NC(=O)c2csc(-c3cnn(C)c3C(F)(F)F)n2)cn1. The van der Waals surface area contributed by atoms with Crippen LogP contribution in [0.3, 0.4) is 0 Å². The van der Waals surface area contributed by atoms with E-state index in [0.29, 0.717) is 5.69 Å². The average molecular weight is 356 g/mol. The van der Waals surface area contributed by atoms with Crippen molar-refractivity contribution < 1.29 is 18.0 Å². The standard InChI is InChI=1S/C13H11F3N6OS/c1-21-5-7(3-17-21)19-11(23)9-6-24-12(20-9)8-4-18-22(2)10(8)13(14,15)16/h3-6H,1-2H3,(H,19,23). The molecule has 3 rings (SSSR count). The number of nitrogens with zero attached hydrogens (tertiary/aromatic N) is 5. The van der Waals surface area contributed by atoms with E-state index in [2.05, 4.69) is 20.5 Å². The van der Waals surface area contributed by atoms with Gasteiger partial charge in [-0.25, -0.2) is 4.98 Å². The van der Waals surface area contributed by atoms with Crippen LogP contribution in [-0.2, 0) is 20.3 Å². The molecule has 7 nitrogen and oxygen atoms in total. The number of thiazole rings is 1. The van der Waals surface area contributed by atoms with Gasteiger partial charge in [0, 0.05) is 25.7 Å². The number of anilines is 1. The number of amides is 1. The van der Waals surface area contributed by atoms with E-state index in [1.165, 1.54) is 23.3 Å². The number of alkyl halides is 3. The molecule has 1 N–H and O–H groups in total. The molecule has 3 aromatic heterocycles. The highest BCUT2D eigenvalue weighted by Crippen LogP contribution is 2.37. The van der Waals surface area contributed by atoms with Crippen molar-refractivity contribution in [3.8, 4) is 10.6 Å². The minimum atomic E-state index is -4.57. The van der Waals surface area contributed by atoms with E-state index in [0.717, 1.165) is 22.2 Å². The van der Waals surface area contributed by atoms with Gasteiger partial charge in [0.2, 0.25) is 0 Å². The Morgan fingerprint density at radius 1 is 1.25 bits per heavy atom. The fraction of sp³-hybridized carbons (Fsp3) is 0.231. The Hall–Kier alpha value is -2.69. The van der Waals surface area contributed by atoms with Crippen LogP contribution < -0.4 is 5.32 Å². The van der Waals surface area contributed by atoms with Crippen LogP contribution in [0, 0.1) is 0 Å². The summed E-state index contributed by atoms with van der Waals surface area (Å²) in [5.41, 5.74) is -0.572. The lowest BCUT2D eigenvalue weighted by molar-refractivity contribution is -0.143. The maximum Gasteiger partial charge on any atom is 0.433 e. The Balaban J connectivity index is 1.87. The van der Waals surface area contributed by atoms with E-state index in [9.17, 15) is 18.0 Å². The zero-order valence-corrected chi connectivity index (χ0v) is 13.3. The van der Waals surface area contributed by atoms with Gasteiger partial charge in [-0.2, -0.15) is 23.4 Å². The molecule has 0 radical (unpaired) electrons. The lowest BCUT2D eigenvalue weighted by atomic mass is 10.2. The normalized spacial score (nSPS) is 11.7. The highest BCUT2D eigenvalue weighted by Gasteiger charge is 2.38. The number of rotatable bonds is 3. The predicted octanol–water partition coefficient (Wildman–Crippen LogP) is 2.55. The number of carbonyl (C=O) groups is 1. The highest BCUT2D eigenvalue weighted by atomic mass is 32.1. The number of nitrogens with one attached hydrogen (secondary N) is 1. The van der Waals surface area contributed by atoms with Gasteiger partial charge < -0.3 is 5.32 Å². The first-order chi connectivity index (χ1) is 11.3. The topological polar surface area (TPSA) is 77.6 Å². The van der Waals surface area contributed by atoms with Crippen molar-refractivity contribution in [2.75, 3.05) is 5.32 Å². The summed E-state index contributed by atoms with van der Waals surface area (Å²) in [5, 5.41) is 11.6. The molecule has 0 aromatic carbocycles. The summed E-state index contributed by atoms with van der Waals surface area (Å²) in [6.07, 6.45) is -0.434. The molecule has 0 saturated carbocycles. The van der Waals surface area contributed by atoms with E-state index in [4.69, 9.17) is 0 Å². The van der Waals surface area contributed by atoms with E-state index in [1.807, 2.05) is 0 Å². The number of aromatic nitrogens is 5. The summed E-state index contributed by atoms with van der Waals surface area (Å²) in [7, 11) is 2.90. The summed E-state index contributed by atoms with van der Waals surface area (Å²) in [6, 6.07) is 0. The third kappa shape index (κ3) is 3.02. The first-order valence-electron chi connectivity index (χ1n) is 6.61. The number of halogens is 3. The third-order valence-electron chi connectivity index (χ3n) is 3.14. The van der Waals surface area contributed by atoms with Gasteiger partial charge in [0.1, 0.15) is 10.7 Å². The Morgan fingerprint density at radius 2 is 2.00 bits per heavy atom. The number of hydrogen-bond acceptors (Lipinski definition) is 5. The molecule has 0 atom stereocenters. The smallest absolute Gasteiger partial charge is 0.318 e. The van der Waals surface area contributed by atoms with Gasteiger partial charge in [-0.15, -0.1) is 11.3 Å². The molecule has 0 bridgehead atoms. The lowest BCUT2D eigenvalue weighted by Crippen LogP contribution is -2.13. The summed E-state index contributed by atoms with van der Waals surface area (Å²) >= 11 is 0.944. The molecule has 0 aliphatic rings. The number of carbonyl (C=O) groups excluding carboxylic acids is 1. The van der Waals surface area contributed by atoms with Crippen molar-refractivity contribution in [2.24, 2.45) is 14.1 Å². The molecular weight excluding hydrogens is 345 g/mol. The van der Waals surface area contributed by atoms with Gasteiger partial charge in [-0.3, -0.25) is 14.2 Å². The van der Waals surface area contributed by atoms with Gasteiger partial charge in [0.15, 0.2) is 5.69 Å². The van der Waals surface area contributed by atoms with Gasteiger partial charge in [-0.05, 0) is 0 Å². The van der Waals surface area contributed by atoms with E-state index >= 15 is 0 Å². The largest absolute Gasteiger partial charge is 0.433 e. The highest BCUT2D eigenvalue weighted by molar-refractivity contribution is 7.13. The van der Waals surface area contributed by atoms with E-state index in [1.54, 1.807) is 13.2 Å². The molecule has 0 saturated heterocycles. The molecule has 0 spiro atoms. The van der Waals surface area contributed by atoms with Crippen molar-refractivity contribution in [3.63, 3.8) is 0 Å². The Morgan fingerprint density at radius 3 is 2.62 bits per heavy atom. The molecule has 24 heavy (non-hydrogen) atoms. The van der Waals surface area contributed by atoms with Gasteiger partial charge in [-0.1, -0.05) is 0 Å². The lowest BCUT2D eigenvalue weighted by Gasteiger charge is -2.08. The van der Waals surface area contributed by atoms with Crippen LogP contribution in [0.4, 0.5) is 18.9 Å². The molecule has 11 heteroatoms. The fourth-order valence-corrected chi connectivity index (χ4v) is 2.92. The second kappa shape index (κ2) is 5.74. The molecule has 0 aliphatic heterocycles. The molecule has 0 unspecified atom stereocenters. The quantitative estimate of drug-likeness (QED) is 0.782. The molecule has 3 aromatic rings. The maximum atomic E-state index is 13.1. The number of aryl methyl sites for hydroxylation is 2. The van der Waals surface area contributed by atoms with Crippen LogP contribution in [0.15, 0.2) is 24.0 Å². The summed E-state index contributed by atoms with van der Waals surface area (Å²) < 4.78 is 41.6. The van der Waals surface area contributed by atoms with Crippen LogP contribution in [0.25, 0.3) is 10.6 Å². The molecule has 0 aliphatic carbocycles. The number of hydrogen-bond donors (Lipinski definition) is 1. The third-order valence-corrected chi connectivity index (χ3v) is 4.01. The first-order valence-corrected chi connectivity index (χ1v) is 7.49. The van der Waals surface area contributed by atoms with Gasteiger partial charge in [0.25, 0.3) is 5.91 Å². The summed E-state index contributed by atoms with van der Waals surface area (Å²) in [5.74, 6) is -0.525. The maximum absolute atomic E-state index is 13.1. The van der Waals surface area contributed by atoms with Crippen molar-refractivity contribution in [1.29, 1.82) is 0 Å². The molecule has 126 valence electrons. The summed E-state index contributed by atoms with van der Waals surface area (Å²) in [6.45, 7) is 0. The van der Waals surface area contributed by atoms with Crippen LogP contribution in [-0.4, -0.2) is 30.5 Å². The minimum Gasteiger partial charge on any atom is -0.318 e. The molecule has 3 heterocycles. The molecule has 1 amide bonds. The molecular formula is C13H11F3N6OS. The van der Waals surface area contributed by atoms with Crippen LogP contribution in [0.5, 0.6) is 0 Å².